The zero-order valence-corrected chi connectivity index (χ0v) is 9.09. The largest absolute Gasteiger partial charge is 0.321 e. The van der Waals surface area contributed by atoms with Crippen LogP contribution >= 0.6 is 15.9 Å². The van der Waals surface area contributed by atoms with Crippen LogP contribution in [0.2, 0.25) is 0 Å². The Labute approximate surface area is 93.6 Å². The highest BCUT2D eigenvalue weighted by Crippen LogP contribution is 2.26. The summed E-state index contributed by atoms with van der Waals surface area (Å²) in [5.41, 5.74) is 0.733. The molecule has 0 N–H and O–H groups in total. The highest BCUT2D eigenvalue weighted by molar-refractivity contribution is 9.10. The number of para-hydroxylation sites is 1. The van der Waals surface area contributed by atoms with Crippen molar-refractivity contribution in [3.63, 3.8) is 0 Å². The third-order valence-electron chi connectivity index (χ3n) is 1.89. The van der Waals surface area contributed by atoms with Crippen LogP contribution in [-0.2, 0) is 0 Å². The second-order valence-corrected chi connectivity index (χ2v) is 3.58. The van der Waals surface area contributed by atoms with E-state index in [1.807, 2.05) is 30.3 Å². The number of rotatable bonds is 2. The summed E-state index contributed by atoms with van der Waals surface area (Å²) in [7, 11) is 0. The van der Waals surface area contributed by atoms with E-state index in [0.29, 0.717) is 4.60 Å². The molecular formula is C9H6BrN3O2. The van der Waals surface area contributed by atoms with Crippen LogP contribution in [0.15, 0.2) is 41.1 Å². The molecule has 6 heteroatoms. The average molecular weight is 268 g/mol. The Hall–Kier alpha value is -1.69. The topological polar surface area (TPSA) is 61.0 Å². The molecule has 76 valence electrons. The van der Waals surface area contributed by atoms with Gasteiger partial charge in [-0.3, -0.25) is 10.1 Å². The van der Waals surface area contributed by atoms with Crippen LogP contribution in [-0.4, -0.2) is 14.7 Å². The first-order valence-corrected chi connectivity index (χ1v) is 4.93. The summed E-state index contributed by atoms with van der Waals surface area (Å²) in [6.07, 6.45) is 1.22. The molecule has 2 rings (SSSR count). The van der Waals surface area contributed by atoms with Gasteiger partial charge in [0.1, 0.15) is 6.20 Å². The summed E-state index contributed by atoms with van der Waals surface area (Å²) >= 11 is 3.15. The van der Waals surface area contributed by atoms with E-state index >= 15 is 0 Å². The number of nitrogens with zero attached hydrogens (tertiary/aromatic N) is 3. The van der Waals surface area contributed by atoms with E-state index in [-0.39, 0.29) is 5.69 Å². The van der Waals surface area contributed by atoms with Crippen molar-refractivity contribution in [2.75, 3.05) is 0 Å². The van der Waals surface area contributed by atoms with Crippen LogP contribution < -0.4 is 0 Å². The third kappa shape index (κ3) is 1.75. The standard InChI is InChI=1S/C9H6BrN3O2/c10-9-8(13(14)15)6-11-12(9)7-4-2-1-3-5-7/h1-6H. The molecule has 0 spiro atoms. The Kier molecular flexibility index (Phi) is 2.51. The van der Waals surface area contributed by atoms with Gasteiger partial charge < -0.3 is 0 Å². The molecule has 1 aromatic heterocycles. The second kappa shape index (κ2) is 3.82. The molecule has 0 atom stereocenters. The van der Waals surface area contributed by atoms with Crippen molar-refractivity contribution >= 4 is 21.6 Å². The van der Waals surface area contributed by atoms with Crippen LogP contribution in [0.25, 0.3) is 5.69 Å². The summed E-state index contributed by atoms with van der Waals surface area (Å²) in [6, 6.07) is 9.20. The number of nitro groups is 1. The Balaban J connectivity index is 2.52. The lowest BCUT2D eigenvalue weighted by atomic mass is 10.3. The summed E-state index contributed by atoms with van der Waals surface area (Å²) in [5, 5.41) is 14.5. The van der Waals surface area contributed by atoms with Crippen molar-refractivity contribution in [2.45, 2.75) is 0 Å². The van der Waals surface area contributed by atoms with Crippen molar-refractivity contribution in [1.82, 2.24) is 9.78 Å². The number of aromatic nitrogens is 2. The van der Waals surface area contributed by atoms with Gasteiger partial charge in [-0.15, -0.1) is 0 Å². The summed E-state index contributed by atoms with van der Waals surface area (Å²) in [6.45, 7) is 0. The zero-order chi connectivity index (χ0) is 10.8. The maximum absolute atomic E-state index is 10.6. The predicted octanol–water partition coefficient (Wildman–Crippen LogP) is 2.54. The van der Waals surface area contributed by atoms with Crippen LogP contribution in [0.1, 0.15) is 0 Å². The Morgan fingerprint density at radius 1 is 1.33 bits per heavy atom. The van der Waals surface area contributed by atoms with E-state index in [0.717, 1.165) is 5.69 Å². The minimum atomic E-state index is -0.476. The van der Waals surface area contributed by atoms with Crippen LogP contribution in [0, 0.1) is 10.1 Å². The molecule has 0 amide bonds. The van der Waals surface area contributed by atoms with Crippen LogP contribution in [0.5, 0.6) is 0 Å². The second-order valence-electron chi connectivity index (χ2n) is 2.83. The van der Waals surface area contributed by atoms with Crippen LogP contribution in [0.3, 0.4) is 0 Å². The molecule has 1 aromatic carbocycles. The Morgan fingerprint density at radius 2 is 2.00 bits per heavy atom. The molecule has 0 radical (unpaired) electrons. The lowest BCUT2D eigenvalue weighted by Gasteiger charge is -2.00. The molecule has 5 nitrogen and oxygen atoms in total. The van der Waals surface area contributed by atoms with Crippen molar-refractivity contribution in [1.29, 1.82) is 0 Å². The molecule has 0 bridgehead atoms. The maximum atomic E-state index is 10.6. The van der Waals surface area contributed by atoms with Crippen molar-refractivity contribution < 1.29 is 4.92 Å². The van der Waals surface area contributed by atoms with E-state index in [4.69, 9.17) is 0 Å². The molecule has 0 unspecified atom stereocenters. The van der Waals surface area contributed by atoms with Gasteiger partial charge in [-0.05, 0) is 28.1 Å². The van der Waals surface area contributed by atoms with Gasteiger partial charge in [-0.25, -0.2) is 4.68 Å². The quantitative estimate of drug-likeness (QED) is 0.621. The minimum absolute atomic E-state index is 0.0427. The molecule has 15 heavy (non-hydrogen) atoms. The number of hydrogen-bond donors (Lipinski definition) is 0. The van der Waals surface area contributed by atoms with Gasteiger partial charge in [0.15, 0.2) is 4.60 Å². The molecule has 1 heterocycles. The summed E-state index contributed by atoms with van der Waals surface area (Å²) in [4.78, 5) is 10.1. The van der Waals surface area contributed by atoms with Gasteiger partial charge in [0.2, 0.25) is 0 Å². The zero-order valence-electron chi connectivity index (χ0n) is 7.50. The molecule has 0 aliphatic rings. The lowest BCUT2D eigenvalue weighted by molar-refractivity contribution is -0.385. The summed E-state index contributed by atoms with van der Waals surface area (Å²) in [5.74, 6) is 0. The van der Waals surface area contributed by atoms with Crippen molar-refractivity contribution in [2.24, 2.45) is 0 Å². The fraction of sp³-hybridized carbons (Fsp3) is 0. The molecule has 0 fully saturated rings. The molecular weight excluding hydrogens is 262 g/mol. The molecule has 0 saturated carbocycles. The molecule has 0 aliphatic heterocycles. The fourth-order valence-electron chi connectivity index (χ4n) is 1.20. The number of hydrogen-bond acceptors (Lipinski definition) is 3. The molecule has 0 aliphatic carbocycles. The van der Waals surface area contributed by atoms with Crippen molar-refractivity contribution in [3.8, 4) is 5.69 Å². The van der Waals surface area contributed by atoms with E-state index in [9.17, 15) is 10.1 Å². The fourth-order valence-corrected chi connectivity index (χ4v) is 1.74. The van der Waals surface area contributed by atoms with E-state index < -0.39 is 4.92 Å². The minimum Gasteiger partial charge on any atom is -0.258 e. The highest BCUT2D eigenvalue weighted by Gasteiger charge is 2.18. The van der Waals surface area contributed by atoms with Gasteiger partial charge in [-0.2, -0.15) is 5.10 Å². The Morgan fingerprint density at radius 3 is 2.53 bits per heavy atom. The average Bonchev–Trinajstić information content (AvgIpc) is 2.61. The highest BCUT2D eigenvalue weighted by atomic mass is 79.9. The number of halogens is 1. The first kappa shape index (κ1) is 9.85. The van der Waals surface area contributed by atoms with Crippen LogP contribution in [0.4, 0.5) is 5.69 Å². The van der Waals surface area contributed by atoms with E-state index in [1.165, 1.54) is 10.9 Å². The van der Waals surface area contributed by atoms with Gasteiger partial charge >= 0.3 is 5.69 Å². The first-order chi connectivity index (χ1) is 7.20. The van der Waals surface area contributed by atoms with E-state index in [2.05, 4.69) is 21.0 Å². The predicted molar refractivity (Wildman–Crippen MR) is 57.9 cm³/mol. The monoisotopic (exact) mass is 267 g/mol. The molecule has 2 aromatic rings. The van der Waals surface area contributed by atoms with Gasteiger partial charge in [0.25, 0.3) is 0 Å². The normalized spacial score (nSPS) is 10.2. The maximum Gasteiger partial charge on any atom is 0.321 e. The summed E-state index contributed by atoms with van der Waals surface area (Å²) < 4.78 is 1.82. The lowest BCUT2D eigenvalue weighted by Crippen LogP contribution is -1.96. The number of benzene rings is 1. The Bertz CT molecular complexity index is 495. The van der Waals surface area contributed by atoms with Gasteiger partial charge in [0.05, 0.1) is 10.6 Å². The van der Waals surface area contributed by atoms with Gasteiger partial charge in [0, 0.05) is 0 Å². The SMILES string of the molecule is O=[N+]([O-])c1cnn(-c2ccccc2)c1Br. The molecule has 0 saturated heterocycles. The first-order valence-electron chi connectivity index (χ1n) is 4.13. The third-order valence-corrected chi connectivity index (χ3v) is 2.63. The van der Waals surface area contributed by atoms with E-state index in [1.54, 1.807) is 0 Å². The van der Waals surface area contributed by atoms with Gasteiger partial charge in [-0.1, -0.05) is 18.2 Å². The smallest absolute Gasteiger partial charge is 0.258 e. The van der Waals surface area contributed by atoms with Crippen molar-refractivity contribution in [3.05, 3.63) is 51.2 Å².